The SMILES string of the molecule is CC(=O)OC[C@@H]1C=C[C@H](n2cnc3c(=O)[nH]c(N)nc32)C1. The van der Waals surface area contributed by atoms with Gasteiger partial charge in [0.25, 0.3) is 5.56 Å². The molecule has 2 aromatic heterocycles. The number of imidazole rings is 1. The third-order valence-electron chi connectivity index (χ3n) is 3.46. The summed E-state index contributed by atoms with van der Waals surface area (Å²) < 4.78 is 6.82. The van der Waals surface area contributed by atoms with Crippen LogP contribution >= 0.6 is 0 Å². The Kier molecular flexibility index (Phi) is 3.20. The van der Waals surface area contributed by atoms with Gasteiger partial charge in [0.15, 0.2) is 11.2 Å². The van der Waals surface area contributed by atoms with Gasteiger partial charge in [-0.3, -0.25) is 14.6 Å². The molecule has 2 atom stereocenters. The molecule has 2 heterocycles. The summed E-state index contributed by atoms with van der Waals surface area (Å²) in [6.45, 7) is 1.74. The van der Waals surface area contributed by atoms with Gasteiger partial charge in [-0.1, -0.05) is 12.2 Å². The van der Waals surface area contributed by atoms with Gasteiger partial charge in [-0.15, -0.1) is 0 Å². The minimum atomic E-state index is -0.352. The number of allylic oxidation sites excluding steroid dienone is 1. The Labute approximate surface area is 119 Å². The monoisotopic (exact) mass is 289 g/mol. The zero-order valence-corrected chi connectivity index (χ0v) is 11.4. The van der Waals surface area contributed by atoms with Crippen LogP contribution < -0.4 is 11.3 Å². The van der Waals surface area contributed by atoms with E-state index in [1.807, 2.05) is 16.7 Å². The molecule has 0 radical (unpaired) electrons. The van der Waals surface area contributed by atoms with Gasteiger partial charge in [0.1, 0.15) is 0 Å². The number of rotatable bonds is 3. The first-order valence-corrected chi connectivity index (χ1v) is 6.58. The van der Waals surface area contributed by atoms with Gasteiger partial charge in [-0.2, -0.15) is 4.98 Å². The third kappa shape index (κ3) is 2.51. The molecule has 0 aromatic carbocycles. The van der Waals surface area contributed by atoms with Crippen LogP contribution in [-0.4, -0.2) is 32.1 Å². The summed E-state index contributed by atoms with van der Waals surface area (Å²) >= 11 is 0. The predicted molar refractivity (Wildman–Crippen MR) is 75.5 cm³/mol. The fraction of sp³-hybridized carbons (Fsp3) is 0.385. The first-order valence-electron chi connectivity index (χ1n) is 6.58. The number of nitrogens with one attached hydrogen (secondary N) is 1. The lowest BCUT2D eigenvalue weighted by Crippen LogP contribution is -2.14. The Morgan fingerprint density at radius 3 is 3.14 bits per heavy atom. The highest BCUT2D eigenvalue weighted by Crippen LogP contribution is 2.29. The Bertz CT molecular complexity index is 776. The van der Waals surface area contributed by atoms with Crippen molar-refractivity contribution in [2.24, 2.45) is 5.92 Å². The average Bonchev–Trinajstić information content (AvgIpc) is 3.02. The second-order valence-corrected chi connectivity index (χ2v) is 5.03. The summed E-state index contributed by atoms with van der Waals surface area (Å²) in [6, 6.07) is 0.0178. The van der Waals surface area contributed by atoms with Gasteiger partial charge < -0.3 is 15.0 Å². The molecule has 0 spiro atoms. The van der Waals surface area contributed by atoms with E-state index in [9.17, 15) is 9.59 Å². The van der Waals surface area contributed by atoms with E-state index in [1.165, 1.54) is 6.92 Å². The highest BCUT2D eigenvalue weighted by atomic mass is 16.5. The van der Waals surface area contributed by atoms with Gasteiger partial charge in [0.2, 0.25) is 5.95 Å². The lowest BCUT2D eigenvalue weighted by molar-refractivity contribution is -0.141. The minimum absolute atomic E-state index is 0.0178. The van der Waals surface area contributed by atoms with Crippen LogP contribution in [0.4, 0.5) is 5.95 Å². The molecule has 0 aliphatic heterocycles. The number of hydrogen-bond donors (Lipinski definition) is 2. The molecule has 0 saturated carbocycles. The Morgan fingerprint density at radius 1 is 1.57 bits per heavy atom. The molecule has 0 amide bonds. The maximum absolute atomic E-state index is 11.7. The predicted octanol–water partition coefficient (Wildman–Crippen LogP) is 0.382. The van der Waals surface area contributed by atoms with Crippen LogP contribution in [0.2, 0.25) is 0 Å². The number of carbonyl (C=O) groups is 1. The summed E-state index contributed by atoms with van der Waals surface area (Å²) in [5, 5.41) is 0. The van der Waals surface area contributed by atoms with Crippen molar-refractivity contribution < 1.29 is 9.53 Å². The summed E-state index contributed by atoms with van der Waals surface area (Å²) in [5.74, 6) is -0.0794. The van der Waals surface area contributed by atoms with E-state index in [1.54, 1.807) is 6.33 Å². The smallest absolute Gasteiger partial charge is 0.302 e. The number of nitrogens with two attached hydrogens (primary N) is 1. The number of esters is 1. The van der Waals surface area contributed by atoms with Crippen molar-refractivity contribution in [1.29, 1.82) is 0 Å². The molecule has 0 fully saturated rings. The van der Waals surface area contributed by atoms with Crippen molar-refractivity contribution in [3.63, 3.8) is 0 Å². The van der Waals surface area contributed by atoms with Gasteiger partial charge in [0.05, 0.1) is 19.0 Å². The van der Waals surface area contributed by atoms with Crippen molar-refractivity contribution in [3.8, 4) is 0 Å². The molecule has 0 unspecified atom stereocenters. The molecule has 2 aromatic rings. The Hall–Kier alpha value is -2.64. The molecule has 1 aliphatic carbocycles. The van der Waals surface area contributed by atoms with Gasteiger partial charge in [0, 0.05) is 12.8 Å². The van der Waals surface area contributed by atoms with Crippen LogP contribution in [0.15, 0.2) is 23.3 Å². The van der Waals surface area contributed by atoms with Gasteiger partial charge >= 0.3 is 5.97 Å². The average molecular weight is 289 g/mol. The second kappa shape index (κ2) is 5.04. The number of ether oxygens (including phenoxy) is 1. The molecular weight excluding hydrogens is 274 g/mol. The topological polar surface area (TPSA) is 116 Å². The van der Waals surface area contributed by atoms with E-state index < -0.39 is 0 Å². The van der Waals surface area contributed by atoms with E-state index in [0.29, 0.717) is 12.3 Å². The van der Waals surface area contributed by atoms with Crippen LogP contribution in [0.5, 0.6) is 0 Å². The van der Waals surface area contributed by atoms with Crippen molar-refractivity contribution >= 4 is 23.1 Å². The second-order valence-electron chi connectivity index (χ2n) is 5.03. The van der Waals surface area contributed by atoms with E-state index >= 15 is 0 Å². The number of carbonyl (C=O) groups excluding carboxylic acids is 1. The molecule has 0 bridgehead atoms. The summed E-state index contributed by atoms with van der Waals surface area (Å²) in [4.78, 5) is 33.2. The summed E-state index contributed by atoms with van der Waals surface area (Å²) in [5.41, 5.74) is 5.95. The highest BCUT2D eigenvalue weighted by Gasteiger charge is 2.23. The minimum Gasteiger partial charge on any atom is -0.465 e. The first kappa shape index (κ1) is 13.3. The molecule has 21 heavy (non-hydrogen) atoms. The largest absolute Gasteiger partial charge is 0.465 e. The lowest BCUT2D eigenvalue weighted by Gasteiger charge is -2.13. The number of hydrogen-bond acceptors (Lipinski definition) is 6. The Balaban J connectivity index is 1.85. The van der Waals surface area contributed by atoms with Crippen LogP contribution in [0.25, 0.3) is 11.2 Å². The van der Waals surface area contributed by atoms with Gasteiger partial charge in [-0.25, -0.2) is 4.98 Å². The fourth-order valence-electron chi connectivity index (χ4n) is 2.49. The quantitative estimate of drug-likeness (QED) is 0.623. The summed E-state index contributed by atoms with van der Waals surface area (Å²) in [6.07, 6.45) is 6.33. The van der Waals surface area contributed by atoms with Crippen LogP contribution in [-0.2, 0) is 9.53 Å². The maximum atomic E-state index is 11.7. The summed E-state index contributed by atoms with van der Waals surface area (Å²) in [7, 11) is 0. The molecule has 8 heteroatoms. The number of anilines is 1. The van der Waals surface area contributed by atoms with Gasteiger partial charge in [-0.05, 0) is 6.42 Å². The van der Waals surface area contributed by atoms with Crippen molar-refractivity contribution in [2.75, 3.05) is 12.3 Å². The van der Waals surface area contributed by atoms with E-state index in [4.69, 9.17) is 10.5 Å². The number of aromatic amines is 1. The number of fused-ring (bicyclic) bond motifs is 1. The molecule has 3 rings (SSSR count). The number of nitrogens with zero attached hydrogens (tertiary/aromatic N) is 3. The number of nitrogen functional groups attached to an aromatic ring is 1. The van der Waals surface area contributed by atoms with Crippen LogP contribution in [0.3, 0.4) is 0 Å². The van der Waals surface area contributed by atoms with Crippen molar-refractivity contribution in [1.82, 2.24) is 19.5 Å². The maximum Gasteiger partial charge on any atom is 0.302 e. The molecule has 3 N–H and O–H groups in total. The number of aromatic nitrogens is 4. The zero-order chi connectivity index (χ0) is 15.0. The standard InChI is InChI=1S/C13H15N5O3/c1-7(19)21-5-8-2-3-9(4-8)18-6-15-10-11(18)16-13(14)17-12(10)20/h2-3,6,8-9H,4-5H2,1H3,(H3,14,16,17,20)/t8-,9+/m1/s1. The number of H-pyrrole nitrogens is 1. The third-order valence-corrected chi connectivity index (χ3v) is 3.46. The van der Waals surface area contributed by atoms with E-state index in [0.717, 1.165) is 6.42 Å². The van der Waals surface area contributed by atoms with Crippen LogP contribution in [0, 0.1) is 5.92 Å². The van der Waals surface area contributed by atoms with E-state index in [-0.39, 0.29) is 35.0 Å². The highest BCUT2D eigenvalue weighted by molar-refractivity contribution is 5.70. The lowest BCUT2D eigenvalue weighted by atomic mass is 10.1. The van der Waals surface area contributed by atoms with Crippen molar-refractivity contribution in [2.45, 2.75) is 19.4 Å². The van der Waals surface area contributed by atoms with E-state index in [2.05, 4.69) is 15.0 Å². The molecule has 110 valence electrons. The normalized spacial score (nSPS) is 21.0. The molecule has 1 aliphatic rings. The Morgan fingerprint density at radius 2 is 2.38 bits per heavy atom. The first-order chi connectivity index (χ1) is 10.0. The molecule has 0 saturated heterocycles. The molecule has 8 nitrogen and oxygen atoms in total. The van der Waals surface area contributed by atoms with Crippen molar-refractivity contribution in [3.05, 3.63) is 28.8 Å². The molecular formula is C13H15N5O3. The van der Waals surface area contributed by atoms with Crippen LogP contribution in [0.1, 0.15) is 19.4 Å². The zero-order valence-electron chi connectivity index (χ0n) is 11.4. The fourth-order valence-corrected chi connectivity index (χ4v) is 2.49.